The van der Waals surface area contributed by atoms with Gasteiger partial charge >= 0.3 is 0 Å². The van der Waals surface area contributed by atoms with E-state index >= 15 is 0 Å². The fraction of sp³-hybridized carbons (Fsp3) is 0.625. The minimum absolute atomic E-state index is 0.0740. The standard InChI is InChI=1S/C16H20N2O2S2/c1-10(7-13-3-2-6-21-13)19-15-16(18-22-17-15)20-14-9-11-4-5-12(14)8-11/h2-3,6,10-12,14H,4-5,7-9H2,1H3/t10?,11-,12+,14+/m1/s1. The monoisotopic (exact) mass is 336 g/mol. The molecule has 0 N–H and O–H groups in total. The Morgan fingerprint density at radius 2 is 2.18 bits per heavy atom. The van der Waals surface area contributed by atoms with E-state index < -0.39 is 0 Å². The number of hydrogen-bond donors (Lipinski definition) is 0. The van der Waals surface area contributed by atoms with Gasteiger partial charge in [0.1, 0.15) is 12.2 Å². The molecule has 4 rings (SSSR count). The van der Waals surface area contributed by atoms with Gasteiger partial charge in [0.15, 0.2) is 0 Å². The minimum Gasteiger partial charge on any atom is -0.470 e. The Morgan fingerprint density at radius 1 is 1.27 bits per heavy atom. The van der Waals surface area contributed by atoms with Crippen molar-refractivity contribution in [3.05, 3.63) is 22.4 Å². The van der Waals surface area contributed by atoms with Crippen molar-refractivity contribution in [3.8, 4) is 11.8 Å². The molecule has 0 aromatic carbocycles. The molecule has 0 spiro atoms. The van der Waals surface area contributed by atoms with Crippen molar-refractivity contribution < 1.29 is 9.47 Å². The van der Waals surface area contributed by atoms with Crippen LogP contribution in [0.5, 0.6) is 11.8 Å². The van der Waals surface area contributed by atoms with Crippen molar-refractivity contribution in [1.82, 2.24) is 8.75 Å². The lowest BCUT2D eigenvalue weighted by Gasteiger charge is -2.22. The minimum atomic E-state index is 0.0740. The number of hydrogen-bond acceptors (Lipinski definition) is 6. The van der Waals surface area contributed by atoms with Crippen molar-refractivity contribution in [3.63, 3.8) is 0 Å². The lowest BCUT2D eigenvalue weighted by molar-refractivity contribution is 0.120. The van der Waals surface area contributed by atoms with Crippen LogP contribution in [0, 0.1) is 11.8 Å². The van der Waals surface area contributed by atoms with E-state index in [4.69, 9.17) is 9.47 Å². The predicted octanol–water partition coefficient (Wildman–Crippen LogP) is 4.18. The van der Waals surface area contributed by atoms with Gasteiger partial charge in [-0.25, -0.2) is 0 Å². The van der Waals surface area contributed by atoms with Crippen LogP contribution in [0.4, 0.5) is 0 Å². The molecule has 0 saturated heterocycles. The molecule has 0 radical (unpaired) electrons. The van der Waals surface area contributed by atoms with Gasteiger partial charge in [0.2, 0.25) is 0 Å². The molecule has 2 aromatic rings. The van der Waals surface area contributed by atoms with Gasteiger partial charge in [0.25, 0.3) is 11.8 Å². The molecular weight excluding hydrogens is 316 g/mol. The van der Waals surface area contributed by atoms with Crippen LogP contribution in [0.2, 0.25) is 0 Å². The largest absolute Gasteiger partial charge is 0.470 e. The normalized spacial score (nSPS) is 28.0. The van der Waals surface area contributed by atoms with Crippen LogP contribution in [0.15, 0.2) is 17.5 Å². The molecule has 2 fully saturated rings. The maximum absolute atomic E-state index is 6.13. The van der Waals surface area contributed by atoms with E-state index in [0.29, 0.717) is 23.8 Å². The fourth-order valence-corrected chi connectivity index (χ4v) is 4.99. The summed E-state index contributed by atoms with van der Waals surface area (Å²) in [5.41, 5.74) is 0. The van der Waals surface area contributed by atoms with Crippen molar-refractivity contribution in [2.75, 3.05) is 0 Å². The first-order chi connectivity index (χ1) is 10.8. The van der Waals surface area contributed by atoms with Gasteiger partial charge in [0, 0.05) is 11.3 Å². The molecule has 2 saturated carbocycles. The van der Waals surface area contributed by atoms with Crippen molar-refractivity contribution >= 4 is 23.1 Å². The van der Waals surface area contributed by atoms with Gasteiger partial charge in [-0.3, -0.25) is 0 Å². The summed E-state index contributed by atoms with van der Waals surface area (Å²) in [6.07, 6.45) is 6.46. The zero-order valence-electron chi connectivity index (χ0n) is 12.6. The molecular formula is C16H20N2O2S2. The highest BCUT2D eigenvalue weighted by Gasteiger charge is 2.41. The molecule has 4 atom stereocenters. The smallest absolute Gasteiger partial charge is 0.291 e. The molecule has 2 aromatic heterocycles. The molecule has 2 bridgehead atoms. The van der Waals surface area contributed by atoms with Gasteiger partial charge in [-0.1, -0.05) is 6.07 Å². The van der Waals surface area contributed by atoms with E-state index in [-0.39, 0.29) is 6.10 Å². The maximum atomic E-state index is 6.13. The summed E-state index contributed by atoms with van der Waals surface area (Å²) in [4.78, 5) is 1.33. The van der Waals surface area contributed by atoms with Gasteiger partial charge < -0.3 is 9.47 Å². The predicted molar refractivity (Wildman–Crippen MR) is 87.9 cm³/mol. The van der Waals surface area contributed by atoms with Crippen LogP contribution in [-0.2, 0) is 6.42 Å². The van der Waals surface area contributed by atoms with Crippen LogP contribution in [-0.4, -0.2) is 21.0 Å². The lowest BCUT2D eigenvalue weighted by Crippen LogP contribution is -2.24. The summed E-state index contributed by atoms with van der Waals surface area (Å²) in [5, 5.41) is 2.09. The number of fused-ring (bicyclic) bond motifs is 2. The number of thiophene rings is 1. The summed E-state index contributed by atoms with van der Waals surface area (Å²) in [6.45, 7) is 2.07. The Balaban J connectivity index is 1.37. The highest BCUT2D eigenvalue weighted by molar-refractivity contribution is 7.09. The first-order valence-electron chi connectivity index (χ1n) is 7.96. The van der Waals surface area contributed by atoms with Crippen LogP contribution in [0.3, 0.4) is 0 Å². The average molecular weight is 336 g/mol. The fourth-order valence-electron chi connectivity index (χ4n) is 3.73. The van der Waals surface area contributed by atoms with Crippen LogP contribution >= 0.6 is 23.1 Å². The second-order valence-electron chi connectivity index (χ2n) is 6.42. The number of rotatable bonds is 6. The average Bonchev–Trinajstić information content (AvgIpc) is 3.25. The van der Waals surface area contributed by atoms with Crippen LogP contribution < -0.4 is 9.47 Å². The topological polar surface area (TPSA) is 44.2 Å². The molecule has 118 valence electrons. The Hall–Kier alpha value is -1.14. The summed E-state index contributed by atoms with van der Waals surface area (Å²) in [6, 6.07) is 4.21. The molecule has 4 nitrogen and oxygen atoms in total. The Labute approximate surface area is 138 Å². The SMILES string of the molecule is CC(Cc1cccs1)Oc1nsnc1O[C@H]1C[C@@H]2CC[C@H]1C2. The summed E-state index contributed by atoms with van der Waals surface area (Å²) >= 11 is 2.93. The molecule has 1 unspecified atom stereocenters. The van der Waals surface area contributed by atoms with E-state index in [1.807, 2.05) is 0 Å². The molecule has 22 heavy (non-hydrogen) atoms. The quantitative estimate of drug-likeness (QED) is 0.794. The molecule has 6 heteroatoms. The van der Waals surface area contributed by atoms with E-state index in [1.54, 1.807) is 11.3 Å². The van der Waals surface area contributed by atoms with E-state index in [2.05, 4.69) is 33.2 Å². The van der Waals surface area contributed by atoms with Gasteiger partial charge in [-0.05, 0) is 55.9 Å². The molecule has 2 aliphatic carbocycles. The summed E-state index contributed by atoms with van der Waals surface area (Å²) in [5.74, 6) is 2.74. The first-order valence-corrected chi connectivity index (χ1v) is 9.57. The van der Waals surface area contributed by atoms with E-state index in [1.165, 1.54) is 42.3 Å². The lowest BCUT2D eigenvalue weighted by atomic mass is 9.98. The van der Waals surface area contributed by atoms with E-state index in [9.17, 15) is 0 Å². The van der Waals surface area contributed by atoms with Crippen molar-refractivity contribution in [2.24, 2.45) is 11.8 Å². The Morgan fingerprint density at radius 3 is 2.91 bits per heavy atom. The number of nitrogens with zero attached hydrogens (tertiary/aromatic N) is 2. The third-order valence-corrected chi connectivity index (χ3v) is 6.14. The van der Waals surface area contributed by atoms with Crippen LogP contribution in [0.25, 0.3) is 0 Å². The molecule has 2 heterocycles. The highest BCUT2D eigenvalue weighted by atomic mass is 32.1. The van der Waals surface area contributed by atoms with Gasteiger partial charge in [-0.2, -0.15) is 0 Å². The number of aromatic nitrogens is 2. The zero-order chi connectivity index (χ0) is 14.9. The van der Waals surface area contributed by atoms with Crippen LogP contribution in [0.1, 0.15) is 37.5 Å². The summed E-state index contributed by atoms with van der Waals surface area (Å²) < 4.78 is 20.7. The second-order valence-corrected chi connectivity index (χ2v) is 7.98. The molecule has 0 aliphatic heterocycles. The number of ether oxygens (including phenoxy) is 2. The molecule has 2 aliphatic rings. The third kappa shape index (κ3) is 2.99. The van der Waals surface area contributed by atoms with Crippen molar-refractivity contribution in [1.29, 1.82) is 0 Å². The first kappa shape index (κ1) is 14.5. The molecule has 0 amide bonds. The van der Waals surface area contributed by atoms with Crippen molar-refractivity contribution in [2.45, 2.75) is 51.2 Å². The third-order valence-electron chi connectivity index (χ3n) is 4.75. The Kier molecular flexibility index (Phi) is 4.05. The van der Waals surface area contributed by atoms with Gasteiger partial charge in [-0.15, -0.1) is 20.1 Å². The Bertz CT molecular complexity index is 613. The highest BCUT2D eigenvalue weighted by Crippen LogP contribution is 2.46. The maximum Gasteiger partial charge on any atom is 0.291 e. The van der Waals surface area contributed by atoms with Gasteiger partial charge in [0.05, 0.1) is 11.7 Å². The second kappa shape index (κ2) is 6.16. The zero-order valence-corrected chi connectivity index (χ0v) is 14.2. The van der Waals surface area contributed by atoms with E-state index in [0.717, 1.165) is 12.3 Å². The summed E-state index contributed by atoms with van der Waals surface area (Å²) in [7, 11) is 0.